The third-order valence-corrected chi connectivity index (χ3v) is 7.33. The van der Waals surface area contributed by atoms with Crippen LogP contribution in [0.5, 0.6) is 0 Å². The van der Waals surface area contributed by atoms with Gasteiger partial charge in [0, 0.05) is 19.1 Å². The Hall–Kier alpha value is -2.47. The summed E-state index contributed by atoms with van der Waals surface area (Å²) in [7, 11) is -3.55. The molecule has 0 radical (unpaired) electrons. The average Bonchev–Trinajstić information content (AvgIpc) is 3.10. The maximum atomic E-state index is 12.1. The molecule has 0 saturated carbocycles. The molecular weight excluding hydrogens is 362 g/mol. The van der Waals surface area contributed by atoms with Gasteiger partial charge in [-0.1, -0.05) is 59.8 Å². The third kappa shape index (κ3) is 3.95. The molecule has 0 fully saturated rings. The van der Waals surface area contributed by atoms with E-state index in [4.69, 9.17) is 4.84 Å². The Morgan fingerprint density at radius 2 is 1.63 bits per heavy atom. The van der Waals surface area contributed by atoms with Gasteiger partial charge in [0.2, 0.25) is 0 Å². The summed E-state index contributed by atoms with van der Waals surface area (Å²) in [5.74, 6) is -0.380. The molecule has 3 rings (SSSR count). The van der Waals surface area contributed by atoms with Crippen molar-refractivity contribution in [2.45, 2.75) is 37.5 Å². The van der Waals surface area contributed by atoms with Gasteiger partial charge in [0.1, 0.15) is 10.9 Å². The summed E-state index contributed by atoms with van der Waals surface area (Å²) in [6.45, 7) is 2.76. The van der Waals surface area contributed by atoms with Crippen molar-refractivity contribution in [2.24, 2.45) is 5.16 Å². The zero-order chi connectivity index (χ0) is 19.7. The lowest BCUT2D eigenvalue weighted by Crippen LogP contribution is -2.44. The van der Waals surface area contributed by atoms with E-state index in [2.05, 4.69) is 17.3 Å². The van der Waals surface area contributed by atoms with Crippen molar-refractivity contribution >= 4 is 21.3 Å². The molecule has 142 valence electrons. The Bertz CT molecular complexity index is 965. The Morgan fingerprint density at radius 1 is 1.07 bits per heavy atom. The van der Waals surface area contributed by atoms with Crippen molar-refractivity contribution in [2.75, 3.05) is 6.26 Å². The van der Waals surface area contributed by atoms with Gasteiger partial charge in [0.05, 0.1) is 5.71 Å². The Morgan fingerprint density at radius 3 is 2.19 bits per heavy atom. The van der Waals surface area contributed by atoms with Gasteiger partial charge in [-0.25, -0.2) is 8.42 Å². The van der Waals surface area contributed by atoms with Gasteiger partial charge < -0.3 is 4.84 Å². The zero-order valence-corrected chi connectivity index (χ0v) is 16.5. The van der Waals surface area contributed by atoms with Crippen LogP contribution in [0.3, 0.4) is 0 Å². The average molecular weight is 385 g/mol. The lowest BCUT2D eigenvalue weighted by molar-refractivity contribution is -0.120. The number of benzene rings is 2. The molecule has 2 unspecified atom stereocenters. The molecule has 27 heavy (non-hydrogen) atoms. The maximum absolute atomic E-state index is 12.1. The molecule has 0 aromatic heterocycles. The lowest BCUT2D eigenvalue weighted by Gasteiger charge is -2.26. The number of Topliss-reactive ketones (excluding diaryl/α,β-unsaturated/α-hetero) is 1. The fourth-order valence-electron chi connectivity index (χ4n) is 3.18. The van der Waals surface area contributed by atoms with Crippen molar-refractivity contribution in [3.8, 4) is 11.1 Å². The monoisotopic (exact) mass is 385 g/mol. The first-order valence-corrected chi connectivity index (χ1v) is 10.7. The lowest BCUT2D eigenvalue weighted by atomic mass is 9.94. The molecule has 5 nitrogen and oxygen atoms in total. The minimum absolute atomic E-state index is 0.0935. The van der Waals surface area contributed by atoms with Crippen LogP contribution in [-0.4, -0.2) is 37.0 Å². The standard InChI is InChI=1S/C21H23NO4S/c1-15(23)21(2,27(3,24)25)14-19-13-20(22-26-19)18-11-9-17(10-12-18)16-7-5-4-6-8-16/h4-12,19H,13-14H2,1-3H3. The first kappa shape index (κ1) is 19.3. The van der Waals surface area contributed by atoms with Crippen LogP contribution in [0.15, 0.2) is 59.8 Å². The number of oxime groups is 1. The number of nitrogens with zero attached hydrogens (tertiary/aromatic N) is 1. The van der Waals surface area contributed by atoms with Crippen molar-refractivity contribution in [1.29, 1.82) is 0 Å². The highest BCUT2D eigenvalue weighted by molar-refractivity contribution is 7.92. The van der Waals surface area contributed by atoms with E-state index in [0.29, 0.717) is 6.42 Å². The first-order chi connectivity index (χ1) is 12.7. The second-order valence-electron chi connectivity index (χ2n) is 7.18. The van der Waals surface area contributed by atoms with E-state index >= 15 is 0 Å². The summed E-state index contributed by atoms with van der Waals surface area (Å²) in [6, 6.07) is 18.1. The number of rotatable bonds is 6. The number of sulfone groups is 1. The van der Waals surface area contributed by atoms with Crippen LogP contribution >= 0.6 is 0 Å². The quantitative estimate of drug-likeness (QED) is 0.761. The normalized spacial score (nSPS) is 19.1. The number of hydrogen-bond acceptors (Lipinski definition) is 5. The van der Waals surface area contributed by atoms with E-state index in [1.54, 1.807) is 0 Å². The second kappa shape index (κ2) is 7.27. The molecule has 1 heterocycles. The molecule has 2 aromatic carbocycles. The maximum Gasteiger partial charge on any atom is 0.160 e. The highest BCUT2D eigenvalue weighted by atomic mass is 32.2. The van der Waals surface area contributed by atoms with Gasteiger partial charge in [0.15, 0.2) is 15.6 Å². The van der Waals surface area contributed by atoms with Gasteiger partial charge in [-0.3, -0.25) is 4.79 Å². The third-order valence-electron chi connectivity index (χ3n) is 5.24. The molecule has 0 saturated heterocycles. The Balaban J connectivity index is 1.72. The largest absolute Gasteiger partial charge is 0.392 e. The van der Waals surface area contributed by atoms with Crippen LogP contribution in [0.25, 0.3) is 11.1 Å². The van der Waals surface area contributed by atoms with Crippen LogP contribution in [-0.2, 0) is 19.5 Å². The number of ketones is 1. The molecule has 0 spiro atoms. The minimum Gasteiger partial charge on any atom is -0.392 e. The van der Waals surface area contributed by atoms with Crippen LogP contribution in [0.4, 0.5) is 0 Å². The predicted molar refractivity (Wildman–Crippen MR) is 106 cm³/mol. The van der Waals surface area contributed by atoms with Crippen molar-refractivity contribution in [1.82, 2.24) is 0 Å². The molecule has 0 N–H and O–H groups in total. The second-order valence-corrected chi connectivity index (χ2v) is 9.62. The van der Waals surface area contributed by atoms with E-state index < -0.39 is 20.7 Å². The number of hydrogen-bond donors (Lipinski definition) is 0. The molecule has 6 heteroatoms. The summed E-state index contributed by atoms with van der Waals surface area (Å²) >= 11 is 0. The van der Waals surface area contributed by atoms with Crippen LogP contribution in [0.1, 0.15) is 32.3 Å². The van der Waals surface area contributed by atoms with Gasteiger partial charge in [-0.05, 0) is 30.5 Å². The Kier molecular flexibility index (Phi) is 5.20. The number of carbonyl (C=O) groups is 1. The molecule has 0 amide bonds. The van der Waals surface area contributed by atoms with E-state index in [1.165, 1.54) is 13.8 Å². The van der Waals surface area contributed by atoms with Crippen molar-refractivity contribution in [3.63, 3.8) is 0 Å². The summed E-state index contributed by atoms with van der Waals surface area (Å²) < 4.78 is 22.7. The van der Waals surface area contributed by atoms with E-state index in [1.807, 2.05) is 42.5 Å². The van der Waals surface area contributed by atoms with Gasteiger partial charge in [-0.15, -0.1) is 0 Å². The van der Waals surface area contributed by atoms with Gasteiger partial charge >= 0.3 is 0 Å². The summed E-state index contributed by atoms with van der Waals surface area (Å²) in [6.07, 6.45) is 1.23. The molecule has 1 aliphatic rings. The first-order valence-electron chi connectivity index (χ1n) is 8.80. The van der Waals surface area contributed by atoms with Gasteiger partial charge in [-0.2, -0.15) is 0 Å². The van der Waals surface area contributed by atoms with E-state index in [-0.39, 0.29) is 12.2 Å². The molecule has 1 aliphatic heterocycles. The van der Waals surface area contributed by atoms with Crippen LogP contribution in [0.2, 0.25) is 0 Å². The fraction of sp³-hybridized carbons (Fsp3) is 0.333. The summed E-state index contributed by atoms with van der Waals surface area (Å²) in [5.41, 5.74) is 3.94. The van der Waals surface area contributed by atoms with Crippen LogP contribution < -0.4 is 0 Å². The molecular formula is C21H23NO4S. The molecule has 2 aromatic rings. The van der Waals surface area contributed by atoms with Crippen molar-refractivity contribution in [3.05, 3.63) is 60.2 Å². The summed E-state index contributed by atoms with van der Waals surface area (Å²) in [4.78, 5) is 17.4. The SMILES string of the molecule is CC(=O)C(C)(CC1CC(c2ccc(-c3ccccc3)cc2)=NO1)S(C)(=O)=O. The highest BCUT2D eigenvalue weighted by Crippen LogP contribution is 2.30. The van der Waals surface area contributed by atoms with Crippen molar-refractivity contribution < 1.29 is 18.0 Å². The topological polar surface area (TPSA) is 72.8 Å². The molecule has 2 atom stereocenters. The predicted octanol–water partition coefficient (Wildman–Crippen LogP) is 3.63. The zero-order valence-electron chi connectivity index (χ0n) is 15.7. The highest BCUT2D eigenvalue weighted by Gasteiger charge is 2.44. The fourth-order valence-corrected chi connectivity index (χ4v) is 4.20. The molecule has 0 bridgehead atoms. The Labute approximate surface area is 160 Å². The summed E-state index contributed by atoms with van der Waals surface area (Å²) in [5, 5.41) is 4.13. The smallest absolute Gasteiger partial charge is 0.160 e. The van der Waals surface area contributed by atoms with E-state index in [0.717, 1.165) is 28.7 Å². The van der Waals surface area contributed by atoms with Crippen LogP contribution in [0, 0.1) is 0 Å². The number of carbonyl (C=O) groups excluding carboxylic acids is 1. The van der Waals surface area contributed by atoms with Gasteiger partial charge in [0.25, 0.3) is 0 Å². The molecule has 0 aliphatic carbocycles. The van der Waals surface area contributed by atoms with E-state index in [9.17, 15) is 13.2 Å². The minimum atomic E-state index is -3.55.